The van der Waals surface area contributed by atoms with E-state index in [1.54, 1.807) is 0 Å². The Hall–Kier alpha value is -2.20. The van der Waals surface area contributed by atoms with Crippen LogP contribution in [0.1, 0.15) is 181 Å². The number of aliphatic hydroxyl groups is 3. The molecule has 13 heteroatoms. The minimum absolute atomic E-state index is 0.0209. The number of ether oxygens (including phenoxy) is 4. The van der Waals surface area contributed by atoms with Gasteiger partial charge in [-0.05, 0) is 83.5 Å². The van der Waals surface area contributed by atoms with Gasteiger partial charge in [0.25, 0.3) is 0 Å². The molecule has 0 aromatic carbocycles. The van der Waals surface area contributed by atoms with Gasteiger partial charge in [0.2, 0.25) is 0 Å². The van der Waals surface area contributed by atoms with Crippen LogP contribution >= 0.6 is 0 Å². The largest absolute Gasteiger partial charge is 0.457 e. The normalized spacial score (nSPS) is 20.5. The Morgan fingerprint density at radius 3 is 1.55 bits per heavy atom. The van der Waals surface area contributed by atoms with E-state index in [0.717, 1.165) is 89.9 Å². The monoisotopic (exact) mass is 899 g/mol. The smallest absolute Gasteiger partial charge is 0.397 e. The van der Waals surface area contributed by atoms with Crippen molar-refractivity contribution in [1.82, 2.24) is 0 Å². The average Bonchev–Trinajstić information content (AvgIpc) is 3.24. The van der Waals surface area contributed by atoms with E-state index in [-0.39, 0.29) is 19.6 Å². The van der Waals surface area contributed by atoms with Crippen molar-refractivity contribution >= 4 is 16.4 Å². The fourth-order valence-electron chi connectivity index (χ4n) is 6.94. The second-order valence-electron chi connectivity index (χ2n) is 16.3. The van der Waals surface area contributed by atoms with E-state index in [1.807, 2.05) is 0 Å². The number of allylic oxidation sites excluding steroid dienone is 10. The van der Waals surface area contributed by atoms with Crippen LogP contribution in [0.5, 0.6) is 0 Å². The fourth-order valence-corrected chi connectivity index (χ4v) is 7.45. The van der Waals surface area contributed by atoms with Gasteiger partial charge < -0.3 is 34.3 Å². The Bertz CT molecular complexity index is 1310. The van der Waals surface area contributed by atoms with Gasteiger partial charge in [-0.25, -0.2) is 4.18 Å². The third kappa shape index (κ3) is 33.3. The predicted octanol–water partition coefficient (Wildman–Crippen LogP) is 10.5. The summed E-state index contributed by atoms with van der Waals surface area (Å²) in [5, 5.41) is 30.7. The summed E-state index contributed by atoms with van der Waals surface area (Å²) in [7, 11) is -5.07. The summed E-state index contributed by atoms with van der Waals surface area (Å²) in [5.41, 5.74) is 0. The Balaban J connectivity index is 2.43. The topological polar surface area (TPSA) is 178 Å². The highest BCUT2D eigenvalue weighted by molar-refractivity contribution is 7.80. The first-order valence-electron chi connectivity index (χ1n) is 24.0. The van der Waals surface area contributed by atoms with Gasteiger partial charge in [0.1, 0.15) is 30.5 Å². The highest BCUT2D eigenvalue weighted by atomic mass is 32.3. The van der Waals surface area contributed by atoms with Gasteiger partial charge in [0, 0.05) is 13.0 Å². The van der Waals surface area contributed by atoms with Crippen LogP contribution in [0.4, 0.5) is 0 Å². The molecule has 62 heavy (non-hydrogen) atoms. The molecule has 1 rings (SSSR count). The van der Waals surface area contributed by atoms with E-state index in [0.29, 0.717) is 13.0 Å². The van der Waals surface area contributed by atoms with Crippen LogP contribution in [0.3, 0.4) is 0 Å². The minimum atomic E-state index is -5.07. The molecule has 12 nitrogen and oxygen atoms in total. The number of rotatable bonds is 41. The summed E-state index contributed by atoms with van der Waals surface area (Å²) in [6.45, 7) is 3.89. The maximum atomic E-state index is 12.9. The zero-order valence-electron chi connectivity index (χ0n) is 38.4. The highest BCUT2D eigenvalue weighted by Crippen LogP contribution is 2.26. The first kappa shape index (κ1) is 57.8. The van der Waals surface area contributed by atoms with Gasteiger partial charge in [-0.15, -0.1) is 0 Å². The number of carbonyl (C=O) groups excluding carboxylic acids is 1. The Kier molecular flexibility index (Phi) is 37.6. The van der Waals surface area contributed by atoms with Gasteiger partial charge in [-0.1, -0.05) is 152 Å². The van der Waals surface area contributed by atoms with Crippen LogP contribution in [0.2, 0.25) is 0 Å². The molecule has 0 aliphatic carbocycles. The Morgan fingerprint density at radius 2 is 1.06 bits per heavy atom. The molecule has 1 aliphatic rings. The number of hydrogen-bond acceptors (Lipinski definition) is 11. The van der Waals surface area contributed by atoms with Crippen molar-refractivity contribution in [2.24, 2.45) is 0 Å². The molecule has 0 amide bonds. The molecule has 6 unspecified atom stereocenters. The molecule has 4 N–H and O–H groups in total. The third-order valence-electron chi connectivity index (χ3n) is 10.6. The lowest BCUT2D eigenvalue weighted by molar-refractivity contribution is -0.301. The summed E-state index contributed by atoms with van der Waals surface area (Å²) in [5.74, 6) is -0.417. The molecular formula is C49H86O12S. The number of esters is 1. The highest BCUT2D eigenvalue weighted by Gasteiger charge is 2.48. The van der Waals surface area contributed by atoms with Gasteiger partial charge in [0.05, 0.1) is 19.8 Å². The van der Waals surface area contributed by atoms with Crippen molar-refractivity contribution in [3.05, 3.63) is 60.8 Å². The first-order valence-corrected chi connectivity index (χ1v) is 25.4. The summed E-state index contributed by atoms with van der Waals surface area (Å²) in [6, 6.07) is 0. The SMILES string of the molecule is CCCCC/C=C\C/C=C\C/C=C\CCCCCCCCC(=O)OC(COCCCCCCCC/C=C\C/C=C\CCCCC)COC1OC(CO)C(O)C(OS(=O)(=O)O)C1O. The van der Waals surface area contributed by atoms with E-state index >= 15 is 0 Å². The second kappa shape index (κ2) is 40.3. The molecule has 1 aliphatic heterocycles. The third-order valence-corrected chi connectivity index (χ3v) is 11.1. The molecule has 1 heterocycles. The molecule has 360 valence electrons. The van der Waals surface area contributed by atoms with Crippen LogP contribution in [0, 0.1) is 0 Å². The van der Waals surface area contributed by atoms with Crippen molar-refractivity contribution in [2.45, 2.75) is 218 Å². The quantitative estimate of drug-likeness (QED) is 0.0198. The molecule has 6 atom stereocenters. The Morgan fingerprint density at radius 1 is 0.613 bits per heavy atom. The van der Waals surface area contributed by atoms with E-state index < -0.39 is 59.8 Å². The van der Waals surface area contributed by atoms with E-state index in [4.69, 9.17) is 18.9 Å². The lowest BCUT2D eigenvalue weighted by Gasteiger charge is -2.41. The molecule has 0 aromatic rings. The maximum Gasteiger partial charge on any atom is 0.397 e. The van der Waals surface area contributed by atoms with E-state index in [9.17, 15) is 33.1 Å². The van der Waals surface area contributed by atoms with E-state index in [1.165, 1.54) is 64.2 Å². The van der Waals surface area contributed by atoms with Crippen molar-refractivity contribution in [3.63, 3.8) is 0 Å². The van der Waals surface area contributed by atoms with Crippen LogP contribution in [0.15, 0.2) is 60.8 Å². The summed E-state index contributed by atoms with van der Waals surface area (Å²) >= 11 is 0. The van der Waals surface area contributed by atoms with Crippen LogP contribution < -0.4 is 0 Å². The minimum Gasteiger partial charge on any atom is -0.457 e. The molecule has 0 bridgehead atoms. The van der Waals surface area contributed by atoms with Crippen molar-refractivity contribution in [2.75, 3.05) is 26.4 Å². The molecule has 0 spiro atoms. The predicted molar refractivity (Wildman–Crippen MR) is 248 cm³/mol. The van der Waals surface area contributed by atoms with Crippen molar-refractivity contribution in [1.29, 1.82) is 0 Å². The van der Waals surface area contributed by atoms with Crippen LogP contribution in [-0.4, -0.2) is 97.5 Å². The van der Waals surface area contributed by atoms with Crippen molar-refractivity contribution < 1.29 is 56.2 Å². The summed E-state index contributed by atoms with van der Waals surface area (Å²) in [6.07, 6.45) is 41.0. The maximum absolute atomic E-state index is 12.9. The average molecular weight is 899 g/mol. The van der Waals surface area contributed by atoms with Crippen molar-refractivity contribution in [3.8, 4) is 0 Å². The lowest BCUT2D eigenvalue weighted by atomic mass is 9.99. The van der Waals surface area contributed by atoms with Gasteiger partial charge >= 0.3 is 16.4 Å². The Labute approximate surface area is 376 Å². The number of aliphatic hydroxyl groups excluding tert-OH is 3. The molecule has 1 saturated heterocycles. The molecule has 0 aromatic heterocycles. The van der Waals surface area contributed by atoms with Crippen LogP contribution in [0.25, 0.3) is 0 Å². The number of carbonyl (C=O) groups is 1. The first-order chi connectivity index (χ1) is 30.1. The van der Waals surface area contributed by atoms with Gasteiger partial charge in [0.15, 0.2) is 6.29 Å². The molecule has 1 fully saturated rings. The molecule has 0 radical (unpaired) electrons. The van der Waals surface area contributed by atoms with E-state index in [2.05, 4.69) is 78.8 Å². The summed E-state index contributed by atoms with van der Waals surface area (Å²) < 4.78 is 59.1. The lowest BCUT2D eigenvalue weighted by Crippen LogP contribution is -2.60. The fraction of sp³-hybridized carbons (Fsp3) is 0.776. The summed E-state index contributed by atoms with van der Waals surface area (Å²) in [4.78, 5) is 12.9. The van der Waals surface area contributed by atoms with Gasteiger partial charge in [-0.2, -0.15) is 8.42 Å². The zero-order valence-corrected chi connectivity index (χ0v) is 39.2. The molecular weight excluding hydrogens is 813 g/mol. The van der Waals surface area contributed by atoms with Crippen LogP contribution in [-0.2, 0) is 38.3 Å². The molecule has 0 saturated carbocycles. The van der Waals surface area contributed by atoms with Gasteiger partial charge in [-0.3, -0.25) is 9.35 Å². The zero-order chi connectivity index (χ0) is 45.4. The second-order valence-corrected chi connectivity index (χ2v) is 17.4. The number of hydrogen-bond donors (Lipinski definition) is 4. The number of unbranched alkanes of at least 4 members (excludes halogenated alkanes) is 18. The standard InChI is InChI=1S/C49H86O12S/c1-3-5-7-9-11-13-15-17-19-21-22-23-24-26-28-30-32-34-36-38-45(51)59-43(42-58-49-47(53)48(61-62(54,55)56)46(52)44(40-50)60-49)41-57-39-37-35-33-31-29-27-25-20-18-16-14-12-10-8-6-4-2/h11-14,17-20,22-23,43-44,46-50,52-53H,3-10,15-16,21,24-42H2,1-2H3,(H,54,55,56)/b13-11-,14-12-,19-17-,20-18-,23-22-.